The normalized spacial score (nSPS) is 12.6. The average Bonchev–Trinajstić information content (AvgIpc) is 2.86. The Balaban J connectivity index is 2.73. The molecule has 4 N–H and O–H groups in total. The molecule has 3 aromatic carbocycles. The van der Waals surface area contributed by atoms with Gasteiger partial charge in [-0.3, -0.25) is 0 Å². The number of benzene rings is 3. The Bertz CT molecular complexity index is 1550. The Kier molecular flexibility index (Phi) is 8.02. The number of carboxylic acid groups (broad SMARTS) is 4. The van der Waals surface area contributed by atoms with Gasteiger partial charge in [0.2, 0.25) is 0 Å². The Morgan fingerprint density at radius 3 is 0.977 bits per heavy atom. The van der Waals surface area contributed by atoms with Crippen LogP contribution < -0.4 is 0 Å². The van der Waals surface area contributed by atoms with Gasteiger partial charge in [0.05, 0.1) is 33.4 Å². The van der Waals surface area contributed by atoms with Crippen molar-refractivity contribution in [2.45, 2.75) is 23.9 Å². The van der Waals surface area contributed by atoms with E-state index in [0.29, 0.717) is 12.1 Å². The van der Waals surface area contributed by atoms with E-state index in [1.807, 2.05) is 0 Å². The minimum absolute atomic E-state index is 0.0539. The maximum absolute atomic E-state index is 15.4. The van der Waals surface area contributed by atoms with E-state index in [1.165, 1.54) is 0 Å². The Hall–Kier alpha value is -5.09. The van der Waals surface area contributed by atoms with Crippen molar-refractivity contribution >= 4 is 23.9 Å². The zero-order valence-electron chi connectivity index (χ0n) is 20.5. The maximum Gasteiger partial charge on any atom is 0.416 e. The van der Waals surface area contributed by atoms with Crippen LogP contribution in [0.25, 0.3) is 0 Å². The first-order valence-electron chi connectivity index (χ1n) is 11.1. The lowest BCUT2D eigenvalue weighted by Crippen LogP contribution is -2.45. The second-order valence-corrected chi connectivity index (χ2v) is 8.78. The predicted octanol–water partition coefficient (Wildman–Crippen LogP) is 6.41. The fourth-order valence-corrected chi connectivity index (χ4v) is 4.44. The molecule has 3 rings (SSSR count). The number of alkyl halides is 9. The minimum atomic E-state index is -6.03. The van der Waals surface area contributed by atoms with Crippen LogP contribution in [0.1, 0.15) is 69.2 Å². The molecular formula is C26H13F9O8. The molecule has 0 heterocycles. The second-order valence-electron chi connectivity index (χ2n) is 8.78. The van der Waals surface area contributed by atoms with Gasteiger partial charge in [-0.05, 0) is 59.2 Å². The number of carboxylic acids is 4. The van der Waals surface area contributed by atoms with Crippen molar-refractivity contribution in [3.63, 3.8) is 0 Å². The van der Waals surface area contributed by atoms with Gasteiger partial charge in [-0.1, -0.05) is 12.1 Å². The van der Waals surface area contributed by atoms with Gasteiger partial charge in [-0.15, -0.1) is 0 Å². The van der Waals surface area contributed by atoms with Crippen molar-refractivity contribution in [3.8, 4) is 0 Å². The molecule has 0 bridgehead atoms. The van der Waals surface area contributed by atoms with Crippen LogP contribution in [0.15, 0.2) is 54.6 Å². The summed E-state index contributed by atoms with van der Waals surface area (Å²) in [5, 5.41) is 37.5. The first kappa shape index (κ1) is 32.4. The quantitative estimate of drug-likeness (QED) is 0.174. The van der Waals surface area contributed by atoms with Crippen LogP contribution in [0.5, 0.6) is 0 Å². The first-order valence-corrected chi connectivity index (χ1v) is 11.1. The molecule has 0 aliphatic rings. The van der Waals surface area contributed by atoms with E-state index in [2.05, 4.69) is 0 Å². The molecule has 0 radical (unpaired) electrons. The molecule has 8 nitrogen and oxygen atoms in total. The van der Waals surface area contributed by atoms with Gasteiger partial charge in [0, 0.05) is 0 Å². The fraction of sp³-hybridized carbons (Fsp3) is 0.154. The largest absolute Gasteiger partial charge is 0.478 e. The lowest BCUT2D eigenvalue weighted by atomic mass is 9.67. The average molecular weight is 624 g/mol. The summed E-state index contributed by atoms with van der Waals surface area (Å²) >= 11 is 0. The summed E-state index contributed by atoms with van der Waals surface area (Å²) < 4.78 is 128. The monoisotopic (exact) mass is 624 g/mol. The van der Waals surface area contributed by atoms with Crippen molar-refractivity contribution in [3.05, 3.63) is 105 Å². The van der Waals surface area contributed by atoms with E-state index in [1.54, 1.807) is 0 Å². The summed E-state index contributed by atoms with van der Waals surface area (Å²) in [4.78, 5) is 46.6. The van der Waals surface area contributed by atoms with Crippen LogP contribution in [0.2, 0.25) is 0 Å². The zero-order valence-corrected chi connectivity index (χ0v) is 20.5. The lowest BCUT2D eigenvalue weighted by molar-refractivity contribution is -0.167. The van der Waals surface area contributed by atoms with Crippen molar-refractivity contribution in [1.82, 2.24) is 0 Å². The van der Waals surface area contributed by atoms with Gasteiger partial charge in [0.1, 0.15) is 5.41 Å². The van der Waals surface area contributed by atoms with Gasteiger partial charge in [-0.2, -0.15) is 39.5 Å². The summed E-state index contributed by atoms with van der Waals surface area (Å²) in [5.74, 6) is -8.25. The molecule has 3 aromatic rings. The molecule has 0 aliphatic carbocycles. The third-order valence-electron chi connectivity index (χ3n) is 6.27. The van der Waals surface area contributed by atoms with Crippen LogP contribution in [0, 0.1) is 0 Å². The molecule has 0 atom stereocenters. The Labute approximate surface area is 232 Å². The second kappa shape index (κ2) is 10.6. The predicted molar refractivity (Wildman–Crippen MR) is 123 cm³/mol. The highest BCUT2D eigenvalue weighted by Gasteiger charge is 2.60. The van der Waals surface area contributed by atoms with Crippen molar-refractivity contribution in [1.29, 1.82) is 0 Å². The molecule has 17 heteroatoms. The molecule has 0 saturated heterocycles. The number of aromatic carboxylic acids is 4. The summed E-state index contributed by atoms with van der Waals surface area (Å²) in [6.07, 6.45) is -17.4. The van der Waals surface area contributed by atoms with Crippen LogP contribution in [0.4, 0.5) is 39.5 Å². The highest BCUT2D eigenvalue weighted by molar-refractivity contribution is 6.03. The highest BCUT2D eigenvalue weighted by Crippen LogP contribution is 2.53. The standard InChI is InChI=1S/C26H13F9O8/c27-24(28,29)13-5-12(6-14(7-13)25(30,31)32)23(26(33,34)35,10-1-3-15(19(36)37)17(8-10)21(40)41)11-2-4-16(20(38)39)18(9-11)22(42)43/h1-9H,(H,36,37)(H,38,39)(H,40,41)(H,42,43). The van der Waals surface area contributed by atoms with E-state index in [0.717, 1.165) is 0 Å². The molecular weight excluding hydrogens is 611 g/mol. The minimum Gasteiger partial charge on any atom is -0.478 e. The summed E-state index contributed by atoms with van der Waals surface area (Å²) in [6, 6.07) is 0.158. The van der Waals surface area contributed by atoms with Gasteiger partial charge in [-0.25, -0.2) is 19.2 Å². The third kappa shape index (κ3) is 5.82. The molecule has 0 fully saturated rings. The van der Waals surface area contributed by atoms with E-state index < -0.39 is 104 Å². The van der Waals surface area contributed by atoms with Gasteiger partial charge < -0.3 is 20.4 Å². The highest BCUT2D eigenvalue weighted by atomic mass is 19.4. The van der Waals surface area contributed by atoms with Crippen molar-refractivity contribution in [2.24, 2.45) is 0 Å². The number of rotatable bonds is 7. The first-order chi connectivity index (χ1) is 19.5. The maximum atomic E-state index is 15.4. The van der Waals surface area contributed by atoms with E-state index >= 15 is 13.2 Å². The number of carbonyl (C=O) groups is 4. The van der Waals surface area contributed by atoms with Crippen LogP contribution >= 0.6 is 0 Å². The third-order valence-corrected chi connectivity index (χ3v) is 6.27. The molecule has 0 saturated carbocycles. The molecule has 0 aromatic heterocycles. The zero-order chi connectivity index (χ0) is 32.9. The molecule has 0 amide bonds. The molecule has 43 heavy (non-hydrogen) atoms. The number of hydrogen-bond acceptors (Lipinski definition) is 4. The molecule has 228 valence electrons. The SMILES string of the molecule is O=C(O)c1ccc(C(c2cc(C(F)(F)F)cc(C(F)(F)F)c2)(c2ccc(C(=O)O)c(C(=O)O)c2)C(F)(F)F)cc1C(=O)O. The van der Waals surface area contributed by atoms with E-state index in [4.69, 9.17) is 0 Å². The Morgan fingerprint density at radius 1 is 0.419 bits per heavy atom. The fourth-order valence-electron chi connectivity index (χ4n) is 4.44. The summed E-state index contributed by atoms with van der Waals surface area (Å²) in [5.41, 5.74) is -18.4. The van der Waals surface area contributed by atoms with Crippen LogP contribution in [0.3, 0.4) is 0 Å². The smallest absolute Gasteiger partial charge is 0.416 e. The van der Waals surface area contributed by atoms with Crippen molar-refractivity contribution < 1.29 is 79.1 Å². The topological polar surface area (TPSA) is 149 Å². The summed E-state index contributed by atoms with van der Waals surface area (Å²) in [6.45, 7) is 0. The summed E-state index contributed by atoms with van der Waals surface area (Å²) in [7, 11) is 0. The van der Waals surface area contributed by atoms with Gasteiger partial charge >= 0.3 is 42.4 Å². The number of hydrogen-bond donors (Lipinski definition) is 4. The lowest BCUT2D eigenvalue weighted by Gasteiger charge is -2.38. The molecule has 0 unspecified atom stereocenters. The van der Waals surface area contributed by atoms with Gasteiger partial charge in [0.15, 0.2) is 0 Å². The molecule has 0 aliphatic heterocycles. The van der Waals surface area contributed by atoms with Crippen LogP contribution in [-0.2, 0) is 17.8 Å². The van der Waals surface area contributed by atoms with E-state index in [-0.39, 0.29) is 36.4 Å². The van der Waals surface area contributed by atoms with Crippen LogP contribution in [-0.4, -0.2) is 50.5 Å². The molecule has 0 spiro atoms. The number of halogens is 9. The van der Waals surface area contributed by atoms with E-state index in [9.17, 15) is 65.9 Å². The van der Waals surface area contributed by atoms with Gasteiger partial charge in [0.25, 0.3) is 0 Å². The van der Waals surface area contributed by atoms with Crippen molar-refractivity contribution in [2.75, 3.05) is 0 Å². The Morgan fingerprint density at radius 2 is 0.721 bits per heavy atom.